The highest BCUT2D eigenvalue weighted by molar-refractivity contribution is 14.0. The van der Waals surface area contributed by atoms with Crippen molar-refractivity contribution < 1.29 is 9.53 Å². The van der Waals surface area contributed by atoms with Crippen LogP contribution in [0, 0.1) is 0 Å². The highest BCUT2D eigenvalue weighted by Gasteiger charge is 2.05. The fourth-order valence-electron chi connectivity index (χ4n) is 1.80. The third kappa shape index (κ3) is 10.6. The lowest BCUT2D eigenvalue weighted by Crippen LogP contribution is -2.38. The van der Waals surface area contributed by atoms with E-state index in [1.807, 2.05) is 26.8 Å². The Labute approximate surface area is 165 Å². The van der Waals surface area contributed by atoms with Gasteiger partial charge in [0.05, 0.1) is 19.1 Å². The van der Waals surface area contributed by atoms with Gasteiger partial charge < -0.3 is 15.4 Å². The molecule has 0 aliphatic carbocycles. The van der Waals surface area contributed by atoms with Crippen LogP contribution in [0.25, 0.3) is 0 Å². The minimum absolute atomic E-state index is 0. The molecule has 0 radical (unpaired) electrons. The zero-order chi connectivity index (χ0) is 17.1. The number of nitrogens with zero attached hydrogens (tertiary/aromatic N) is 2. The number of hydrogen-bond acceptors (Lipinski definition) is 4. The van der Waals surface area contributed by atoms with Gasteiger partial charge in [0.2, 0.25) is 0 Å². The van der Waals surface area contributed by atoms with E-state index in [1.54, 1.807) is 12.3 Å². The minimum atomic E-state index is -0.230. The van der Waals surface area contributed by atoms with Crippen LogP contribution in [0.15, 0.2) is 23.3 Å². The van der Waals surface area contributed by atoms with Gasteiger partial charge in [0.25, 0.3) is 0 Å². The number of halogens is 2. The summed E-state index contributed by atoms with van der Waals surface area (Å²) in [6, 6.07) is 3.72. The Hall–Kier alpha value is -1.09. The van der Waals surface area contributed by atoms with E-state index in [9.17, 15) is 4.79 Å². The van der Waals surface area contributed by atoms with Crippen molar-refractivity contribution in [1.29, 1.82) is 0 Å². The molecule has 0 aliphatic heterocycles. The van der Waals surface area contributed by atoms with Crippen molar-refractivity contribution in [2.24, 2.45) is 4.99 Å². The van der Waals surface area contributed by atoms with Crippen LogP contribution in [0.1, 0.15) is 32.8 Å². The average molecular weight is 469 g/mol. The number of hydrogen-bond donors (Lipinski definition) is 2. The van der Waals surface area contributed by atoms with Crippen molar-refractivity contribution in [3.8, 4) is 0 Å². The predicted octanol–water partition coefficient (Wildman–Crippen LogP) is 2.79. The van der Waals surface area contributed by atoms with Gasteiger partial charge in [0.1, 0.15) is 5.15 Å². The number of pyridine rings is 1. The molecule has 0 saturated heterocycles. The van der Waals surface area contributed by atoms with E-state index in [0.29, 0.717) is 24.2 Å². The Morgan fingerprint density at radius 1 is 1.38 bits per heavy atom. The number of ether oxygens (including phenoxy) is 1. The summed E-state index contributed by atoms with van der Waals surface area (Å²) in [5, 5.41) is 6.86. The van der Waals surface area contributed by atoms with Crippen LogP contribution < -0.4 is 10.6 Å². The highest BCUT2D eigenvalue weighted by atomic mass is 127. The maximum absolute atomic E-state index is 11.5. The molecule has 0 amide bonds. The van der Waals surface area contributed by atoms with Gasteiger partial charge in [0.15, 0.2) is 5.96 Å². The summed E-state index contributed by atoms with van der Waals surface area (Å²) in [5.41, 5.74) is 1.10. The summed E-state index contributed by atoms with van der Waals surface area (Å²) in [4.78, 5) is 19.9. The largest absolute Gasteiger partial charge is 0.463 e. The van der Waals surface area contributed by atoms with Gasteiger partial charge >= 0.3 is 5.97 Å². The Bertz CT molecular complexity index is 509. The molecule has 6 nitrogen and oxygen atoms in total. The maximum atomic E-state index is 11.5. The molecule has 0 atom stereocenters. The molecule has 0 aromatic carbocycles. The van der Waals surface area contributed by atoms with E-state index in [0.717, 1.165) is 18.5 Å². The number of aromatic nitrogens is 1. The first-order chi connectivity index (χ1) is 11.0. The first-order valence-corrected chi connectivity index (χ1v) is 8.21. The second kappa shape index (κ2) is 13.2. The number of carbonyl (C=O) groups is 1. The third-order valence-corrected chi connectivity index (χ3v) is 3.02. The summed E-state index contributed by atoms with van der Waals surface area (Å²) in [5.74, 6) is 0.457. The van der Waals surface area contributed by atoms with Crippen molar-refractivity contribution in [2.45, 2.75) is 39.7 Å². The molecule has 1 heterocycles. The fraction of sp³-hybridized carbons (Fsp3) is 0.562. The summed E-state index contributed by atoms with van der Waals surface area (Å²) >= 11 is 5.76. The lowest BCUT2D eigenvalue weighted by molar-refractivity contribution is -0.147. The van der Waals surface area contributed by atoms with Crippen molar-refractivity contribution in [2.75, 3.05) is 19.6 Å². The van der Waals surface area contributed by atoms with Crippen molar-refractivity contribution in [3.63, 3.8) is 0 Å². The van der Waals surface area contributed by atoms with Gasteiger partial charge in [-0.1, -0.05) is 17.7 Å². The van der Waals surface area contributed by atoms with Crippen molar-refractivity contribution >= 4 is 47.5 Å². The Kier molecular flexibility index (Phi) is 12.6. The maximum Gasteiger partial charge on any atom is 0.307 e. The predicted molar refractivity (Wildman–Crippen MR) is 108 cm³/mol. The topological polar surface area (TPSA) is 75.6 Å². The summed E-state index contributed by atoms with van der Waals surface area (Å²) in [6.45, 7) is 7.52. The van der Waals surface area contributed by atoms with Crippen LogP contribution in [-0.4, -0.2) is 42.7 Å². The lowest BCUT2D eigenvalue weighted by atomic mass is 10.2. The fourth-order valence-corrected chi connectivity index (χ4v) is 1.91. The molecule has 0 fully saturated rings. The zero-order valence-corrected chi connectivity index (χ0v) is 17.4. The first-order valence-electron chi connectivity index (χ1n) is 7.83. The molecule has 0 unspecified atom stereocenters. The molecular formula is C16H26ClIN4O2. The monoisotopic (exact) mass is 468 g/mol. The normalized spacial score (nSPS) is 11.0. The van der Waals surface area contributed by atoms with Crippen molar-refractivity contribution in [1.82, 2.24) is 15.6 Å². The molecule has 1 aromatic rings. The second-order valence-electron chi connectivity index (χ2n) is 5.22. The number of aliphatic imine (C=N–C) groups is 1. The molecule has 2 N–H and O–H groups in total. The summed E-state index contributed by atoms with van der Waals surface area (Å²) in [7, 11) is 0. The molecule has 136 valence electrons. The van der Waals surface area contributed by atoms with E-state index >= 15 is 0 Å². The van der Waals surface area contributed by atoms with Gasteiger partial charge in [-0.15, -0.1) is 24.0 Å². The number of nitrogens with one attached hydrogen (secondary N) is 2. The second-order valence-corrected chi connectivity index (χ2v) is 5.60. The van der Waals surface area contributed by atoms with Gasteiger partial charge in [-0.05, 0) is 38.8 Å². The zero-order valence-electron chi connectivity index (χ0n) is 14.3. The molecule has 1 aromatic heterocycles. The number of carbonyl (C=O) groups excluding carboxylic acids is 1. The third-order valence-electron chi connectivity index (χ3n) is 2.79. The molecule has 8 heteroatoms. The molecule has 24 heavy (non-hydrogen) atoms. The van der Waals surface area contributed by atoms with Crippen molar-refractivity contribution in [3.05, 3.63) is 29.0 Å². The Balaban J connectivity index is 0.00000529. The average Bonchev–Trinajstić information content (AvgIpc) is 2.48. The van der Waals surface area contributed by atoms with Crippen LogP contribution in [0.3, 0.4) is 0 Å². The minimum Gasteiger partial charge on any atom is -0.463 e. The van der Waals surface area contributed by atoms with Gasteiger partial charge in [0, 0.05) is 19.3 Å². The van der Waals surface area contributed by atoms with E-state index < -0.39 is 0 Å². The van der Waals surface area contributed by atoms with Gasteiger partial charge in [-0.25, -0.2) is 4.98 Å². The quantitative estimate of drug-likeness (QED) is 0.202. The van der Waals surface area contributed by atoms with Gasteiger partial charge in [-0.3, -0.25) is 9.79 Å². The standard InChI is InChI=1S/C16H25ClN4O2.HI/c1-4-18-16(20-10-8-15(22)23-12(2)3)19-9-7-13-5-6-14(17)21-11-13;/h5-6,11-12H,4,7-10H2,1-3H3,(H2,18,19,20);1H. The van der Waals surface area contributed by atoms with Crippen LogP contribution in [0.2, 0.25) is 5.15 Å². The van der Waals surface area contributed by atoms with E-state index in [-0.39, 0.29) is 42.5 Å². The number of guanidine groups is 1. The molecular weight excluding hydrogens is 443 g/mol. The molecule has 0 bridgehead atoms. The van der Waals surface area contributed by atoms with E-state index in [1.165, 1.54) is 0 Å². The Morgan fingerprint density at radius 2 is 2.12 bits per heavy atom. The molecule has 0 spiro atoms. The lowest BCUT2D eigenvalue weighted by Gasteiger charge is -2.11. The highest BCUT2D eigenvalue weighted by Crippen LogP contribution is 2.05. The summed E-state index contributed by atoms with van der Waals surface area (Å²) in [6.07, 6.45) is 2.75. The Morgan fingerprint density at radius 3 is 2.71 bits per heavy atom. The number of esters is 1. The molecule has 0 saturated carbocycles. The molecule has 0 aliphatic rings. The first kappa shape index (κ1) is 22.9. The summed E-state index contributed by atoms with van der Waals surface area (Å²) < 4.78 is 5.07. The molecule has 1 rings (SSSR count). The van der Waals surface area contributed by atoms with E-state index in [2.05, 4.69) is 20.6 Å². The van der Waals surface area contributed by atoms with Crippen LogP contribution in [-0.2, 0) is 16.0 Å². The van der Waals surface area contributed by atoms with Crippen LogP contribution in [0.5, 0.6) is 0 Å². The SMILES string of the molecule is CCNC(=NCCC(=O)OC(C)C)NCCc1ccc(Cl)nc1.I. The smallest absolute Gasteiger partial charge is 0.307 e. The van der Waals surface area contributed by atoms with Gasteiger partial charge in [-0.2, -0.15) is 0 Å². The van der Waals surface area contributed by atoms with E-state index in [4.69, 9.17) is 16.3 Å². The van der Waals surface area contributed by atoms with Crippen LogP contribution >= 0.6 is 35.6 Å². The number of rotatable bonds is 8. The van der Waals surface area contributed by atoms with Crippen LogP contribution in [0.4, 0.5) is 0 Å².